The molecule has 0 bridgehead atoms. The second-order valence-electron chi connectivity index (χ2n) is 13.1. The average molecular weight is 749 g/mol. The molecule has 1 aromatic rings. The molecule has 0 unspecified atom stereocenters. The lowest BCUT2D eigenvalue weighted by Crippen LogP contribution is -2.70. The maximum absolute atomic E-state index is 14.0. The number of carbonyl (C=O) groups excluding carboxylic acids is 1. The lowest BCUT2D eigenvalue weighted by atomic mass is 9.55. The highest BCUT2D eigenvalue weighted by atomic mass is 35.5. The second kappa shape index (κ2) is 21.5. The van der Waals surface area contributed by atoms with Crippen LogP contribution in [0.4, 0.5) is 4.79 Å². The highest BCUT2D eigenvalue weighted by Crippen LogP contribution is 2.62. The topological polar surface area (TPSA) is 149 Å². The summed E-state index contributed by atoms with van der Waals surface area (Å²) in [6.45, 7) is 10.8. The van der Waals surface area contributed by atoms with Gasteiger partial charge in [-0.25, -0.2) is 4.79 Å². The van der Waals surface area contributed by atoms with Gasteiger partial charge in [0.25, 0.3) is 0 Å². The van der Waals surface area contributed by atoms with Gasteiger partial charge in [-0.3, -0.25) is 4.90 Å². The fourth-order valence-corrected chi connectivity index (χ4v) is 8.03. The Hall–Kier alpha value is -3.13. The van der Waals surface area contributed by atoms with Gasteiger partial charge in [0.15, 0.2) is 0 Å². The Balaban J connectivity index is 2.01. The molecule has 1 aliphatic heterocycles. The quantitative estimate of drug-likeness (QED) is 0.0529. The monoisotopic (exact) mass is 748 g/mol. The molecule has 3 N–H and O–H groups in total. The fraction of sp³-hybridized carbons (Fsp3) is 0.641. The maximum atomic E-state index is 14.0. The summed E-state index contributed by atoms with van der Waals surface area (Å²) in [5.41, 5.74) is 2.56. The van der Waals surface area contributed by atoms with Crippen molar-refractivity contribution in [1.29, 1.82) is 0 Å². The van der Waals surface area contributed by atoms with Crippen LogP contribution >= 0.6 is 11.6 Å². The molecule has 1 fully saturated rings. The van der Waals surface area contributed by atoms with Crippen LogP contribution in [0, 0.1) is 17.8 Å². The molecule has 1 heterocycles. The molecule has 0 spiro atoms. The van der Waals surface area contributed by atoms with Gasteiger partial charge in [0, 0.05) is 37.7 Å². The van der Waals surface area contributed by atoms with Crippen molar-refractivity contribution in [2.75, 3.05) is 71.9 Å². The van der Waals surface area contributed by atoms with Gasteiger partial charge in [-0.05, 0) is 68.2 Å². The van der Waals surface area contributed by atoms with Crippen LogP contribution in [0.5, 0.6) is 11.5 Å². The van der Waals surface area contributed by atoms with Crippen molar-refractivity contribution in [2.24, 2.45) is 22.9 Å². The van der Waals surface area contributed by atoms with E-state index in [0.717, 1.165) is 36.8 Å². The number of oxime groups is 1. The third-order valence-electron chi connectivity index (χ3n) is 9.94. The van der Waals surface area contributed by atoms with E-state index in [1.54, 1.807) is 17.1 Å². The molecule has 4 rings (SSSR count). The highest BCUT2D eigenvalue weighted by molar-refractivity contribution is 6.18. The number of aliphatic hydroxyl groups is 3. The van der Waals surface area contributed by atoms with Gasteiger partial charge in [-0.1, -0.05) is 42.8 Å². The predicted octanol–water partition coefficient (Wildman–Crippen LogP) is 5.59. The number of unbranched alkanes of at least 4 members (excludes halogenated alkanes) is 2. The van der Waals surface area contributed by atoms with E-state index in [0.29, 0.717) is 43.3 Å². The van der Waals surface area contributed by atoms with E-state index in [1.165, 1.54) is 0 Å². The Morgan fingerprint density at radius 1 is 1.06 bits per heavy atom. The zero-order valence-corrected chi connectivity index (χ0v) is 31.2. The van der Waals surface area contributed by atoms with E-state index in [2.05, 4.69) is 24.4 Å². The zero-order valence-electron chi connectivity index (χ0n) is 30.5. The largest absolute Gasteiger partial charge is 0.490 e. The van der Waals surface area contributed by atoms with Crippen LogP contribution in [0.3, 0.4) is 0 Å². The van der Waals surface area contributed by atoms with Crippen molar-refractivity contribution in [3.8, 4) is 11.5 Å². The summed E-state index contributed by atoms with van der Waals surface area (Å²) in [5.74, 6) is -0.532. The number of fused-ring (bicyclic) bond motifs is 2. The summed E-state index contributed by atoms with van der Waals surface area (Å²) in [5, 5.41) is 33.6. The number of hydrogen-bond acceptors (Lipinski definition) is 11. The van der Waals surface area contributed by atoms with E-state index in [1.807, 2.05) is 25.1 Å². The standard InChI is InChI=1S/C39H57ClN2O10/c1-4-20-48-29-13-14-34-32(26-29)36-30(12-8-10-18-44)28(11-7-9-17-43)25-31-33(41-51-6-3)27-35(39(52-34,37(31)36)50-21-5-2)42(16-23-47-24-19-45)38(46)49-22-15-40/h4-5,13-14,25-26,28,30,35-37,43-45H,1-2,6-12,15-24,27H2,3H3/t28-,30+,35-,36+,37+,39+/m0/s1. The predicted molar refractivity (Wildman–Crippen MR) is 199 cm³/mol. The molecule has 0 saturated heterocycles. The molecule has 2 aliphatic carbocycles. The smallest absolute Gasteiger partial charge is 0.410 e. The molecule has 52 heavy (non-hydrogen) atoms. The molecule has 3 aliphatic rings. The lowest BCUT2D eigenvalue weighted by molar-refractivity contribution is -0.256. The molecule has 13 heteroatoms. The normalized spacial score (nSPS) is 25.3. The molecule has 1 saturated carbocycles. The van der Waals surface area contributed by atoms with E-state index in [9.17, 15) is 20.1 Å². The summed E-state index contributed by atoms with van der Waals surface area (Å²) < 4.78 is 31.4. The van der Waals surface area contributed by atoms with Crippen LogP contribution in [0.1, 0.15) is 63.4 Å². The first-order valence-electron chi connectivity index (χ1n) is 18.6. The van der Waals surface area contributed by atoms with Gasteiger partial charge in [0.05, 0.1) is 43.9 Å². The number of hydrogen-bond donors (Lipinski definition) is 3. The number of amides is 1. The van der Waals surface area contributed by atoms with E-state index < -0.39 is 23.8 Å². The number of benzene rings is 1. The Bertz CT molecular complexity index is 1360. The van der Waals surface area contributed by atoms with Crippen LogP contribution in [0.15, 0.2) is 60.3 Å². The molecule has 6 atom stereocenters. The van der Waals surface area contributed by atoms with Crippen molar-refractivity contribution in [3.63, 3.8) is 0 Å². The average Bonchev–Trinajstić information content (AvgIpc) is 3.16. The van der Waals surface area contributed by atoms with Crippen LogP contribution < -0.4 is 9.47 Å². The van der Waals surface area contributed by atoms with Crippen molar-refractivity contribution in [2.45, 2.75) is 69.6 Å². The van der Waals surface area contributed by atoms with E-state index >= 15 is 0 Å². The van der Waals surface area contributed by atoms with Crippen molar-refractivity contribution < 1.29 is 48.6 Å². The van der Waals surface area contributed by atoms with Gasteiger partial charge < -0.3 is 43.8 Å². The molecular weight excluding hydrogens is 692 g/mol. The first-order valence-corrected chi connectivity index (χ1v) is 19.1. The number of halogens is 1. The van der Waals surface area contributed by atoms with Crippen molar-refractivity contribution in [1.82, 2.24) is 4.90 Å². The third kappa shape index (κ3) is 9.89. The fourth-order valence-electron chi connectivity index (χ4n) is 7.95. The van der Waals surface area contributed by atoms with Gasteiger partial charge >= 0.3 is 6.09 Å². The summed E-state index contributed by atoms with van der Waals surface area (Å²) in [6, 6.07) is 5.02. The first-order chi connectivity index (χ1) is 25.4. The second-order valence-corrected chi connectivity index (χ2v) is 13.5. The minimum atomic E-state index is -1.44. The molecule has 1 amide bonds. The molecule has 1 aromatic carbocycles. The molecule has 0 radical (unpaired) electrons. The van der Waals surface area contributed by atoms with Crippen LogP contribution in [-0.2, 0) is 19.0 Å². The zero-order chi connectivity index (χ0) is 37.3. The summed E-state index contributed by atoms with van der Waals surface area (Å²) in [6.07, 6.45) is 9.88. The highest BCUT2D eigenvalue weighted by Gasteiger charge is 2.65. The number of ether oxygens (including phenoxy) is 5. The number of carbonyl (C=O) groups is 1. The van der Waals surface area contributed by atoms with Crippen molar-refractivity contribution in [3.05, 3.63) is 60.7 Å². The first kappa shape index (κ1) is 41.6. The molecule has 290 valence electrons. The van der Waals surface area contributed by atoms with Gasteiger partial charge in [-0.15, -0.1) is 18.2 Å². The van der Waals surface area contributed by atoms with Crippen LogP contribution in [-0.4, -0.2) is 116 Å². The van der Waals surface area contributed by atoms with Crippen LogP contribution in [0.25, 0.3) is 0 Å². The number of allylic oxidation sites excluding steroid dienone is 1. The Morgan fingerprint density at radius 3 is 2.52 bits per heavy atom. The lowest BCUT2D eigenvalue weighted by Gasteiger charge is -2.59. The third-order valence-corrected chi connectivity index (χ3v) is 10.1. The van der Waals surface area contributed by atoms with Crippen molar-refractivity contribution >= 4 is 23.4 Å². The molecule has 12 nitrogen and oxygen atoms in total. The summed E-state index contributed by atoms with van der Waals surface area (Å²) in [4.78, 5) is 21.3. The van der Waals surface area contributed by atoms with Gasteiger partial charge in [-0.2, -0.15) is 0 Å². The summed E-state index contributed by atoms with van der Waals surface area (Å²) >= 11 is 5.96. The Morgan fingerprint density at radius 2 is 1.83 bits per heavy atom. The van der Waals surface area contributed by atoms with E-state index in [4.69, 9.17) is 40.1 Å². The Labute approximate surface area is 313 Å². The summed E-state index contributed by atoms with van der Waals surface area (Å²) in [7, 11) is 0. The van der Waals surface area contributed by atoms with Gasteiger partial charge in [0.2, 0.25) is 5.79 Å². The van der Waals surface area contributed by atoms with Gasteiger partial charge in [0.1, 0.15) is 37.4 Å². The van der Waals surface area contributed by atoms with Crippen LogP contribution in [0.2, 0.25) is 0 Å². The minimum absolute atomic E-state index is 0.00164. The van der Waals surface area contributed by atoms with E-state index in [-0.39, 0.29) is 82.8 Å². The Kier molecular flexibility index (Phi) is 17.2. The minimum Gasteiger partial charge on any atom is -0.490 e. The maximum Gasteiger partial charge on any atom is 0.410 e. The molecular formula is C39H57ClN2O10. The SMILES string of the molecule is C=CCOc1ccc2c(c1)[C@H]1[C@H](CCCCO)[C@@H](CCCCO)C=C3C(=NOCC)C[C@H](N(CCOCCO)C(=O)OCCCl)[C@@](OCC=C)(O2)[C@H]31. The number of alkyl halides is 1. The molecule has 0 aromatic heterocycles. The number of rotatable bonds is 24. The number of nitrogens with zero attached hydrogens (tertiary/aromatic N) is 2. The number of aliphatic hydroxyl groups excluding tert-OH is 3.